The smallest absolute Gasteiger partial charge is 0.0584 e. The van der Waals surface area contributed by atoms with E-state index >= 15 is 0 Å². The molecule has 0 saturated heterocycles. The summed E-state index contributed by atoms with van der Waals surface area (Å²) in [6.07, 6.45) is 8.52. The molecule has 1 saturated carbocycles. The van der Waals surface area contributed by atoms with Gasteiger partial charge in [-0.3, -0.25) is 0 Å². The van der Waals surface area contributed by atoms with Crippen LogP contribution in [-0.2, 0) is 0 Å². The topological polar surface area (TPSA) is 32.3 Å². The largest absolute Gasteiger partial charge is 0.395 e. The van der Waals surface area contributed by atoms with Crippen molar-refractivity contribution in [2.75, 3.05) is 13.2 Å². The molecule has 0 amide bonds. The van der Waals surface area contributed by atoms with E-state index in [4.69, 9.17) is 5.11 Å². The molecule has 0 aromatic rings. The van der Waals surface area contributed by atoms with Crippen molar-refractivity contribution in [2.24, 2.45) is 17.8 Å². The molecule has 0 aromatic heterocycles. The maximum atomic E-state index is 9.06. The molecule has 2 rings (SSSR count). The van der Waals surface area contributed by atoms with Crippen LogP contribution in [0.5, 0.6) is 0 Å². The van der Waals surface area contributed by atoms with Crippen LogP contribution in [0.15, 0.2) is 12.2 Å². The van der Waals surface area contributed by atoms with Gasteiger partial charge in [-0.25, -0.2) is 0 Å². The van der Waals surface area contributed by atoms with Gasteiger partial charge in [-0.05, 0) is 43.6 Å². The van der Waals surface area contributed by atoms with Crippen molar-refractivity contribution in [2.45, 2.75) is 32.2 Å². The Morgan fingerprint density at radius 1 is 1.43 bits per heavy atom. The fourth-order valence-corrected chi connectivity index (χ4v) is 2.79. The molecule has 80 valence electrons. The molecule has 2 heteroatoms. The Labute approximate surface area is 86.4 Å². The van der Waals surface area contributed by atoms with Crippen LogP contribution in [0.1, 0.15) is 26.2 Å². The van der Waals surface area contributed by atoms with Crippen LogP contribution in [0.2, 0.25) is 0 Å². The molecule has 14 heavy (non-hydrogen) atoms. The lowest BCUT2D eigenvalue weighted by molar-refractivity contribution is 0.230. The van der Waals surface area contributed by atoms with Crippen LogP contribution in [0.25, 0.3) is 0 Å². The van der Waals surface area contributed by atoms with E-state index in [1.165, 1.54) is 12.8 Å². The molecule has 0 aliphatic heterocycles. The van der Waals surface area contributed by atoms with E-state index in [0.717, 1.165) is 30.7 Å². The van der Waals surface area contributed by atoms with Crippen LogP contribution in [0.3, 0.4) is 0 Å². The highest BCUT2D eigenvalue weighted by Gasteiger charge is 2.35. The molecule has 0 heterocycles. The lowest BCUT2D eigenvalue weighted by Crippen LogP contribution is -2.36. The molecule has 0 spiro atoms. The average molecular weight is 195 g/mol. The van der Waals surface area contributed by atoms with Crippen LogP contribution in [-0.4, -0.2) is 24.3 Å². The second kappa shape index (κ2) is 4.45. The number of hydrogen-bond donors (Lipinski definition) is 2. The van der Waals surface area contributed by atoms with E-state index in [-0.39, 0.29) is 6.61 Å². The van der Waals surface area contributed by atoms with Gasteiger partial charge in [0.1, 0.15) is 0 Å². The fourth-order valence-electron chi connectivity index (χ4n) is 2.79. The van der Waals surface area contributed by atoms with E-state index in [9.17, 15) is 0 Å². The summed E-state index contributed by atoms with van der Waals surface area (Å²) in [4.78, 5) is 0. The molecule has 0 radical (unpaired) electrons. The predicted octanol–water partition coefficient (Wildman–Crippen LogP) is 1.56. The summed E-state index contributed by atoms with van der Waals surface area (Å²) in [5.74, 6) is 2.51. The summed E-state index contributed by atoms with van der Waals surface area (Å²) in [6.45, 7) is 3.48. The van der Waals surface area contributed by atoms with Crippen LogP contribution in [0.4, 0.5) is 0 Å². The van der Waals surface area contributed by atoms with Gasteiger partial charge in [-0.15, -0.1) is 0 Å². The Morgan fingerprint density at radius 3 is 2.79 bits per heavy atom. The summed E-state index contributed by atoms with van der Waals surface area (Å²) in [5, 5.41) is 12.5. The highest BCUT2D eigenvalue weighted by molar-refractivity contribution is 5.10. The van der Waals surface area contributed by atoms with Crippen molar-refractivity contribution in [3.8, 4) is 0 Å². The molecule has 2 aliphatic rings. The van der Waals surface area contributed by atoms with Gasteiger partial charge in [0.25, 0.3) is 0 Å². The molecular weight excluding hydrogens is 174 g/mol. The summed E-state index contributed by atoms with van der Waals surface area (Å²) >= 11 is 0. The van der Waals surface area contributed by atoms with E-state index in [1.54, 1.807) is 0 Å². The zero-order chi connectivity index (χ0) is 9.97. The fraction of sp³-hybridized carbons (Fsp3) is 0.833. The summed E-state index contributed by atoms with van der Waals surface area (Å²) < 4.78 is 0. The first kappa shape index (κ1) is 10.2. The van der Waals surface area contributed by atoms with Crippen molar-refractivity contribution in [1.82, 2.24) is 5.32 Å². The first-order valence-electron chi connectivity index (χ1n) is 5.86. The zero-order valence-electron chi connectivity index (χ0n) is 8.95. The first-order valence-corrected chi connectivity index (χ1v) is 5.86. The van der Waals surface area contributed by atoms with Gasteiger partial charge in [-0.2, -0.15) is 0 Å². The van der Waals surface area contributed by atoms with Gasteiger partial charge in [0, 0.05) is 6.04 Å². The van der Waals surface area contributed by atoms with Gasteiger partial charge < -0.3 is 10.4 Å². The molecule has 2 N–H and O–H groups in total. The molecule has 2 bridgehead atoms. The summed E-state index contributed by atoms with van der Waals surface area (Å²) in [7, 11) is 0. The van der Waals surface area contributed by atoms with E-state index in [0.29, 0.717) is 6.04 Å². The van der Waals surface area contributed by atoms with Gasteiger partial charge in [0.15, 0.2) is 0 Å². The van der Waals surface area contributed by atoms with E-state index < -0.39 is 0 Å². The highest BCUT2D eigenvalue weighted by Crippen LogP contribution is 2.42. The van der Waals surface area contributed by atoms with E-state index in [1.807, 2.05) is 0 Å². The lowest BCUT2D eigenvalue weighted by atomic mass is 9.93. The van der Waals surface area contributed by atoms with Crippen LogP contribution in [0, 0.1) is 17.8 Å². The van der Waals surface area contributed by atoms with Crippen molar-refractivity contribution < 1.29 is 5.11 Å². The maximum Gasteiger partial charge on any atom is 0.0584 e. The Morgan fingerprint density at radius 2 is 2.29 bits per heavy atom. The van der Waals surface area contributed by atoms with E-state index in [2.05, 4.69) is 24.4 Å². The third-order valence-electron chi connectivity index (χ3n) is 3.80. The number of aliphatic hydroxyl groups excluding tert-OH is 1. The van der Waals surface area contributed by atoms with Crippen molar-refractivity contribution in [3.05, 3.63) is 12.2 Å². The SMILES string of the molecule is CC[C@H](CO)NC[C@@H]1C[C@H]2C=C[C@H]1C2. The number of rotatable bonds is 5. The van der Waals surface area contributed by atoms with Gasteiger partial charge in [-0.1, -0.05) is 19.1 Å². The Hall–Kier alpha value is -0.340. The normalized spacial score (nSPS) is 36.6. The Kier molecular flexibility index (Phi) is 3.24. The van der Waals surface area contributed by atoms with Crippen molar-refractivity contribution in [3.63, 3.8) is 0 Å². The molecule has 2 nitrogen and oxygen atoms in total. The van der Waals surface area contributed by atoms with Crippen molar-refractivity contribution in [1.29, 1.82) is 0 Å². The molecule has 4 atom stereocenters. The number of fused-ring (bicyclic) bond motifs is 2. The van der Waals surface area contributed by atoms with Crippen molar-refractivity contribution >= 4 is 0 Å². The highest BCUT2D eigenvalue weighted by atomic mass is 16.3. The predicted molar refractivity (Wildman–Crippen MR) is 58.0 cm³/mol. The maximum absolute atomic E-state index is 9.06. The molecule has 1 fully saturated rings. The average Bonchev–Trinajstić information content (AvgIpc) is 2.80. The van der Waals surface area contributed by atoms with Gasteiger partial charge >= 0.3 is 0 Å². The minimum Gasteiger partial charge on any atom is -0.395 e. The van der Waals surface area contributed by atoms with Crippen LogP contribution >= 0.6 is 0 Å². The zero-order valence-corrected chi connectivity index (χ0v) is 8.95. The number of allylic oxidation sites excluding steroid dienone is 2. The second-order valence-electron chi connectivity index (χ2n) is 4.74. The third-order valence-corrected chi connectivity index (χ3v) is 3.80. The number of nitrogens with one attached hydrogen (secondary N) is 1. The van der Waals surface area contributed by atoms with Gasteiger partial charge in [0.2, 0.25) is 0 Å². The summed E-state index contributed by atoms with van der Waals surface area (Å²) in [6, 6.07) is 0.304. The molecule has 0 aromatic carbocycles. The Balaban J connectivity index is 1.74. The quantitative estimate of drug-likeness (QED) is 0.652. The standard InChI is InChI=1S/C12H21NO/c1-2-12(8-14)13-7-11-6-9-3-4-10(11)5-9/h3-4,9-14H,2,5-8H2,1H3/t9-,10-,11-,12+/m0/s1. The lowest BCUT2D eigenvalue weighted by Gasteiger charge is -2.22. The Bertz CT molecular complexity index is 210. The minimum atomic E-state index is 0.271. The molecule has 2 aliphatic carbocycles. The van der Waals surface area contributed by atoms with Crippen LogP contribution < -0.4 is 5.32 Å². The number of aliphatic hydroxyl groups is 1. The molecular formula is C12H21NO. The second-order valence-corrected chi connectivity index (χ2v) is 4.74. The van der Waals surface area contributed by atoms with Gasteiger partial charge in [0.05, 0.1) is 6.61 Å². The number of hydrogen-bond acceptors (Lipinski definition) is 2. The summed E-state index contributed by atoms with van der Waals surface area (Å²) in [5.41, 5.74) is 0. The first-order chi connectivity index (χ1) is 6.83. The monoisotopic (exact) mass is 195 g/mol. The molecule has 0 unspecified atom stereocenters. The minimum absolute atomic E-state index is 0.271. The third kappa shape index (κ3) is 2.01.